The molecule has 0 atom stereocenters. The molecular formula is C11H8Cl3N3. The van der Waals surface area contributed by atoms with Crippen LogP contribution < -0.4 is 5.32 Å². The van der Waals surface area contributed by atoms with E-state index in [1.165, 1.54) is 0 Å². The van der Waals surface area contributed by atoms with Gasteiger partial charge in [0.25, 0.3) is 0 Å². The lowest BCUT2D eigenvalue weighted by molar-refractivity contribution is 1.03. The van der Waals surface area contributed by atoms with Crippen molar-refractivity contribution >= 4 is 46.2 Å². The zero-order chi connectivity index (χ0) is 12.4. The number of anilines is 2. The Kier molecular flexibility index (Phi) is 3.72. The molecular weight excluding hydrogens is 281 g/mol. The summed E-state index contributed by atoms with van der Waals surface area (Å²) in [5, 5.41) is 11.6. The van der Waals surface area contributed by atoms with Crippen molar-refractivity contribution in [1.82, 2.24) is 10.2 Å². The fraction of sp³-hybridized carbons (Fsp3) is 0.0909. The number of halogens is 3. The number of hydrogen-bond acceptors (Lipinski definition) is 3. The summed E-state index contributed by atoms with van der Waals surface area (Å²) < 4.78 is 0. The molecule has 1 aromatic heterocycles. The van der Waals surface area contributed by atoms with Crippen LogP contribution in [0.3, 0.4) is 0 Å². The average molecular weight is 289 g/mol. The lowest BCUT2D eigenvalue weighted by Gasteiger charge is -2.11. The quantitative estimate of drug-likeness (QED) is 0.885. The SMILES string of the molecule is Cc1cccc(Cl)c1Nc1cc(Cl)nnc1Cl. The Morgan fingerprint density at radius 3 is 2.59 bits per heavy atom. The third-order valence-electron chi connectivity index (χ3n) is 2.20. The van der Waals surface area contributed by atoms with Gasteiger partial charge in [-0.05, 0) is 18.6 Å². The Bertz CT molecular complexity index is 537. The minimum Gasteiger partial charge on any atom is -0.351 e. The fourth-order valence-electron chi connectivity index (χ4n) is 1.37. The van der Waals surface area contributed by atoms with Gasteiger partial charge in [-0.25, -0.2) is 0 Å². The highest BCUT2D eigenvalue weighted by Crippen LogP contribution is 2.31. The third-order valence-corrected chi connectivity index (χ3v) is 2.98. The number of aryl methyl sites for hydroxylation is 1. The molecule has 2 aromatic rings. The first-order valence-electron chi connectivity index (χ1n) is 4.79. The number of benzene rings is 1. The van der Waals surface area contributed by atoms with Gasteiger partial charge in [-0.15, -0.1) is 10.2 Å². The first-order chi connectivity index (χ1) is 8.08. The van der Waals surface area contributed by atoms with Crippen molar-refractivity contribution < 1.29 is 0 Å². The number of hydrogen-bond donors (Lipinski definition) is 1. The topological polar surface area (TPSA) is 37.8 Å². The standard InChI is InChI=1S/C11H8Cl3N3/c1-6-3-2-4-7(12)10(6)15-8-5-9(13)16-17-11(8)14/h2-5H,1H3,(H,15,16). The van der Waals surface area contributed by atoms with Crippen LogP contribution in [0.2, 0.25) is 15.3 Å². The van der Waals surface area contributed by atoms with Crippen molar-refractivity contribution in [2.45, 2.75) is 6.92 Å². The van der Waals surface area contributed by atoms with Gasteiger partial charge in [0.2, 0.25) is 0 Å². The molecule has 0 aliphatic rings. The van der Waals surface area contributed by atoms with Crippen LogP contribution >= 0.6 is 34.8 Å². The highest BCUT2D eigenvalue weighted by atomic mass is 35.5. The second-order valence-corrected chi connectivity index (χ2v) is 4.58. The number of nitrogens with one attached hydrogen (secondary N) is 1. The molecule has 3 nitrogen and oxygen atoms in total. The molecule has 88 valence electrons. The van der Waals surface area contributed by atoms with Gasteiger partial charge >= 0.3 is 0 Å². The number of rotatable bonds is 2. The maximum absolute atomic E-state index is 6.10. The Balaban J connectivity index is 2.41. The zero-order valence-corrected chi connectivity index (χ0v) is 11.1. The van der Waals surface area contributed by atoms with Crippen LogP contribution in [0.25, 0.3) is 0 Å². The van der Waals surface area contributed by atoms with E-state index in [0.717, 1.165) is 11.3 Å². The molecule has 0 aliphatic heterocycles. The molecule has 0 bridgehead atoms. The monoisotopic (exact) mass is 287 g/mol. The van der Waals surface area contributed by atoms with Crippen LogP contribution in [0.5, 0.6) is 0 Å². The lowest BCUT2D eigenvalue weighted by Crippen LogP contribution is -1.97. The van der Waals surface area contributed by atoms with Crippen molar-refractivity contribution in [3.05, 3.63) is 45.2 Å². The summed E-state index contributed by atoms with van der Waals surface area (Å²) in [5.74, 6) is 0. The zero-order valence-electron chi connectivity index (χ0n) is 8.84. The molecule has 0 radical (unpaired) electrons. The molecule has 0 saturated heterocycles. The van der Waals surface area contributed by atoms with Gasteiger partial charge in [0.1, 0.15) is 0 Å². The van der Waals surface area contributed by atoms with Crippen molar-refractivity contribution in [2.75, 3.05) is 5.32 Å². The van der Waals surface area contributed by atoms with Crippen molar-refractivity contribution in [2.24, 2.45) is 0 Å². The normalized spacial score (nSPS) is 10.4. The second kappa shape index (κ2) is 5.08. The maximum atomic E-state index is 6.10. The van der Waals surface area contributed by atoms with Crippen molar-refractivity contribution in [3.63, 3.8) is 0 Å². The van der Waals surface area contributed by atoms with Crippen LogP contribution in [0.1, 0.15) is 5.56 Å². The Labute approximate surface area is 114 Å². The predicted octanol–water partition coefficient (Wildman–Crippen LogP) is 4.49. The molecule has 1 N–H and O–H groups in total. The van der Waals surface area contributed by atoms with Gasteiger partial charge in [-0.1, -0.05) is 46.9 Å². The molecule has 0 spiro atoms. The van der Waals surface area contributed by atoms with E-state index in [1.54, 1.807) is 12.1 Å². The van der Waals surface area contributed by atoms with Crippen LogP contribution in [0, 0.1) is 6.92 Å². The van der Waals surface area contributed by atoms with Crippen LogP contribution in [-0.2, 0) is 0 Å². The first-order valence-corrected chi connectivity index (χ1v) is 5.92. The van der Waals surface area contributed by atoms with E-state index in [9.17, 15) is 0 Å². The van der Waals surface area contributed by atoms with Gasteiger partial charge < -0.3 is 5.32 Å². The summed E-state index contributed by atoms with van der Waals surface area (Å²) in [6, 6.07) is 7.21. The van der Waals surface area contributed by atoms with Crippen LogP contribution in [0.15, 0.2) is 24.3 Å². The van der Waals surface area contributed by atoms with Gasteiger partial charge in [0.05, 0.1) is 16.4 Å². The Morgan fingerprint density at radius 2 is 1.88 bits per heavy atom. The van der Waals surface area contributed by atoms with Crippen LogP contribution in [-0.4, -0.2) is 10.2 Å². The predicted molar refractivity (Wildman–Crippen MR) is 71.5 cm³/mol. The summed E-state index contributed by atoms with van der Waals surface area (Å²) in [6.07, 6.45) is 0. The van der Waals surface area contributed by atoms with Gasteiger partial charge in [0.15, 0.2) is 10.3 Å². The van der Waals surface area contributed by atoms with Crippen LogP contribution in [0.4, 0.5) is 11.4 Å². The molecule has 2 rings (SSSR count). The van der Waals surface area contributed by atoms with Gasteiger partial charge in [0, 0.05) is 6.07 Å². The molecule has 0 aliphatic carbocycles. The summed E-state index contributed by atoms with van der Waals surface area (Å²) in [6.45, 7) is 1.94. The Morgan fingerprint density at radius 1 is 1.12 bits per heavy atom. The summed E-state index contributed by atoms with van der Waals surface area (Å²) >= 11 is 17.8. The molecule has 0 amide bonds. The van der Waals surface area contributed by atoms with Gasteiger partial charge in [-0.2, -0.15) is 0 Å². The van der Waals surface area contributed by atoms with E-state index >= 15 is 0 Å². The van der Waals surface area contributed by atoms with Crippen molar-refractivity contribution in [1.29, 1.82) is 0 Å². The molecule has 0 unspecified atom stereocenters. The lowest BCUT2D eigenvalue weighted by atomic mass is 10.2. The minimum atomic E-state index is 0.244. The van der Waals surface area contributed by atoms with E-state index in [0.29, 0.717) is 10.7 Å². The van der Waals surface area contributed by atoms with Crippen molar-refractivity contribution in [3.8, 4) is 0 Å². The van der Waals surface area contributed by atoms with E-state index in [4.69, 9.17) is 34.8 Å². The molecule has 0 fully saturated rings. The van der Waals surface area contributed by atoms with E-state index < -0.39 is 0 Å². The molecule has 17 heavy (non-hydrogen) atoms. The molecule has 1 heterocycles. The highest BCUT2D eigenvalue weighted by molar-refractivity contribution is 6.35. The largest absolute Gasteiger partial charge is 0.351 e. The number of aromatic nitrogens is 2. The average Bonchev–Trinajstić information content (AvgIpc) is 2.28. The second-order valence-electron chi connectivity index (χ2n) is 3.43. The van der Waals surface area contributed by atoms with E-state index in [-0.39, 0.29) is 10.3 Å². The summed E-state index contributed by atoms with van der Waals surface area (Å²) in [5.41, 5.74) is 2.35. The Hall–Kier alpha value is -1.03. The number of nitrogens with zero attached hydrogens (tertiary/aromatic N) is 2. The third kappa shape index (κ3) is 2.80. The number of para-hydroxylation sites is 1. The molecule has 1 aromatic carbocycles. The summed E-state index contributed by atoms with van der Waals surface area (Å²) in [7, 11) is 0. The smallest absolute Gasteiger partial charge is 0.175 e. The minimum absolute atomic E-state index is 0.244. The maximum Gasteiger partial charge on any atom is 0.175 e. The van der Waals surface area contributed by atoms with E-state index in [2.05, 4.69) is 15.5 Å². The molecule has 6 heteroatoms. The van der Waals surface area contributed by atoms with E-state index in [1.807, 2.05) is 19.1 Å². The van der Waals surface area contributed by atoms with Gasteiger partial charge in [-0.3, -0.25) is 0 Å². The summed E-state index contributed by atoms with van der Waals surface area (Å²) in [4.78, 5) is 0. The highest BCUT2D eigenvalue weighted by Gasteiger charge is 2.08. The first kappa shape index (κ1) is 12.4. The fourth-order valence-corrected chi connectivity index (χ4v) is 1.92. The molecule has 0 saturated carbocycles.